The van der Waals surface area contributed by atoms with Crippen LogP contribution >= 0.6 is 11.6 Å². The standard InChI is InChI=1S/C19H22N4O2.C18H20ClN3O/c1-14(24)15-5-7-16(8-6-15)21-19(25)22-17-9-10-18(20-13-17)23-11-3-2-4-12-23;19-14-4-6-15(7-5-14)20-18(23)21-16-8-10-17(11-9-16)22-12-2-1-3-13-22/h5-10,13H,2-4,11-12H2,1H3,(H2,21,22,25);4-11H,1-3,12-13H2,(H2,20,21,23). The van der Waals surface area contributed by atoms with Crippen LogP contribution in [-0.2, 0) is 0 Å². The van der Waals surface area contributed by atoms with E-state index in [4.69, 9.17) is 11.6 Å². The van der Waals surface area contributed by atoms with E-state index in [0.717, 1.165) is 37.7 Å². The molecule has 3 aromatic carbocycles. The summed E-state index contributed by atoms with van der Waals surface area (Å²) in [6.07, 6.45) is 9.18. The van der Waals surface area contributed by atoms with Crippen LogP contribution in [0.5, 0.6) is 0 Å². The maximum absolute atomic E-state index is 12.1. The molecule has 11 heteroatoms. The number of nitrogens with zero attached hydrogens (tertiary/aromatic N) is 3. The summed E-state index contributed by atoms with van der Waals surface area (Å²) in [5.41, 5.74) is 4.57. The van der Waals surface area contributed by atoms with E-state index in [1.165, 1.54) is 51.1 Å². The number of hydrogen-bond donors (Lipinski definition) is 4. The van der Waals surface area contributed by atoms with E-state index in [-0.39, 0.29) is 17.8 Å². The van der Waals surface area contributed by atoms with Crippen molar-refractivity contribution in [1.82, 2.24) is 4.98 Å². The number of aromatic nitrogens is 1. The molecule has 2 aliphatic heterocycles. The minimum absolute atomic E-state index is 0.00382. The molecule has 2 fully saturated rings. The van der Waals surface area contributed by atoms with Crippen molar-refractivity contribution in [2.45, 2.75) is 45.4 Å². The van der Waals surface area contributed by atoms with Gasteiger partial charge in [-0.25, -0.2) is 14.6 Å². The van der Waals surface area contributed by atoms with Gasteiger partial charge < -0.3 is 31.1 Å². The zero-order valence-corrected chi connectivity index (χ0v) is 27.9. The van der Waals surface area contributed by atoms with Crippen molar-refractivity contribution in [1.29, 1.82) is 0 Å². The molecule has 2 aliphatic rings. The number of benzene rings is 3. The van der Waals surface area contributed by atoms with Gasteiger partial charge >= 0.3 is 12.1 Å². The summed E-state index contributed by atoms with van der Waals surface area (Å²) in [5, 5.41) is 11.7. The fraction of sp³-hybridized carbons (Fsp3) is 0.297. The summed E-state index contributed by atoms with van der Waals surface area (Å²) >= 11 is 5.82. The van der Waals surface area contributed by atoms with Crippen LogP contribution in [0, 0.1) is 0 Å². The molecular weight excluding hydrogens is 626 g/mol. The summed E-state index contributed by atoms with van der Waals surface area (Å²) < 4.78 is 0. The van der Waals surface area contributed by atoms with Crippen LogP contribution in [0.15, 0.2) is 91.1 Å². The van der Waals surface area contributed by atoms with Gasteiger partial charge in [-0.15, -0.1) is 0 Å². The fourth-order valence-electron chi connectivity index (χ4n) is 5.59. The van der Waals surface area contributed by atoms with Crippen LogP contribution in [-0.4, -0.2) is 49.0 Å². The minimum atomic E-state index is -0.344. The molecule has 0 saturated carbocycles. The van der Waals surface area contributed by atoms with Crippen molar-refractivity contribution in [3.05, 3.63) is 102 Å². The molecule has 0 radical (unpaired) electrons. The van der Waals surface area contributed by atoms with Crippen LogP contribution in [0.25, 0.3) is 0 Å². The Kier molecular flexibility index (Phi) is 12.3. The number of rotatable bonds is 7. The van der Waals surface area contributed by atoms with Gasteiger partial charge in [0, 0.05) is 59.5 Å². The highest BCUT2D eigenvalue weighted by Crippen LogP contribution is 2.23. The second kappa shape index (κ2) is 17.2. The molecule has 4 N–H and O–H groups in total. The number of amides is 4. The van der Waals surface area contributed by atoms with Crippen molar-refractivity contribution in [2.75, 3.05) is 57.2 Å². The Balaban J connectivity index is 0.000000188. The zero-order chi connectivity index (χ0) is 33.7. The minimum Gasteiger partial charge on any atom is -0.372 e. The van der Waals surface area contributed by atoms with Crippen molar-refractivity contribution in [2.24, 2.45) is 0 Å². The van der Waals surface area contributed by atoms with Crippen LogP contribution in [0.2, 0.25) is 5.02 Å². The lowest BCUT2D eigenvalue weighted by molar-refractivity contribution is 0.101. The normalized spacial score (nSPS) is 14.2. The molecule has 48 heavy (non-hydrogen) atoms. The number of nitrogens with one attached hydrogen (secondary N) is 4. The highest BCUT2D eigenvalue weighted by molar-refractivity contribution is 6.30. The van der Waals surface area contributed by atoms with E-state index >= 15 is 0 Å². The first-order chi connectivity index (χ1) is 23.3. The van der Waals surface area contributed by atoms with Gasteiger partial charge in [0.2, 0.25) is 0 Å². The second-order valence-corrected chi connectivity index (χ2v) is 12.3. The highest BCUT2D eigenvalue weighted by Gasteiger charge is 2.13. The second-order valence-electron chi connectivity index (χ2n) is 11.8. The smallest absolute Gasteiger partial charge is 0.323 e. The van der Waals surface area contributed by atoms with Gasteiger partial charge in [-0.2, -0.15) is 0 Å². The Hall–Kier alpha value is -5.09. The van der Waals surface area contributed by atoms with Crippen LogP contribution in [0.4, 0.5) is 43.8 Å². The molecule has 0 spiro atoms. The van der Waals surface area contributed by atoms with Crippen LogP contribution < -0.4 is 31.1 Å². The molecule has 250 valence electrons. The zero-order valence-electron chi connectivity index (χ0n) is 27.2. The van der Waals surface area contributed by atoms with Crippen molar-refractivity contribution in [3.63, 3.8) is 0 Å². The first kappa shape index (κ1) is 34.3. The summed E-state index contributed by atoms with van der Waals surface area (Å²) in [6.45, 7) is 5.82. The molecule has 4 aromatic rings. The molecule has 0 unspecified atom stereocenters. The Morgan fingerprint density at radius 1 is 0.562 bits per heavy atom. The van der Waals surface area contributed by atoms with E-state index in [1.54, 1.807) is 54.7 Å². The fourth-order valence-corrected chi connectivity index (χ4v) is 5.71. The molecule has 0 bridgehead atoms. The number of pyridine rings is 1. The lowest BCUT2D eigenvalue weighted by Crippen LogP contribution is -2.30. The van der Waals surface area contributed by atoms with E-state index in [2.05, 4.69) is 48.2 Å². The molecule has 6 rings (SSSR count). The monoisotopic (exact) mass is 667 g/mol. The number of Topliss-reactive ketones (excluding diaryl/α,β-unsaturated/α-hetero) is 1. The lowest BCUT2D eigenvalue weighted by Gasteiger charge is -2.28. The molecule has 0 atom stereocenters. The lowest BCUT2D eigenvalue weighted by atomic mass is 10.1. The Bertz CT molecular complexity index is 1630. The van der Waals surface area contributed by atoms with E-state index in [0.29, 0.717) is 27.6 Å². The predicted molar refractivity (Wildman–Crippen MR) is 196 cm³/mol. The van der Waals surface area contributed by atoms with Crippen LogP contribution in [0.3, 0.4) is 0 Å². The number of carbonyl (C=O) groups is 3. The number of ketones is 1. The summed E-state index contributed by atoms with van der Waals surface area (Å²) in [5.74, 6) is 0.946. The van der Waals surface area contributed by atoms with E-state index in [1.807, 2.05) is 24.3 Å². The average molecular weight is 668 g/mol. The number of anilines is 6. The topological polar surface area (TPSA) is 119 Å². The summed E-state index contributed by atoms with van der Waals surface area (Å²) in [7, 11) is 0. The van der Waals surface area contributed by atoms with Crippen molar-refractivity contribution < 1.29 is 14.4 Å². The number of halogens is 1. The number of hydrogen-bond acceptors (Lipinski definition) is 6. The molecule has 3 heterocycles. The van der Waals surface area contributed by atoms with Gasteiger partial charge in [-0.05, 0) is 130 Å². The van der Waals surface area contributed by atoms with Gasteiger partial charge in [0.1, 0.15) is 5.82 Å². The largest absolute Gasteiger partial charge is 0.372 e. The van der Waals surface area contributed by atoms with Crippen LogP contribution in [0.1, 0.15) is 55.8 Å². The SMILES string of the molecule is CC(=O)c1ccc(NC(=O)Nc2ccc(N3CCCCC3)nc2)cc1.O=C(Nc1ccc(Cl)cc1)Nc1ccc(N2CCCCC2)cc1. The van der Waals surface area contributed by atoms with Gasteiger partial charge in [-0.3, -0.25) is 4.79 Å². The third kappa shape index (κ3) is 10.5. The molecule has 1 aromatic heterocycles. The highest BCUT2D eigenvalue weighted by atomic mass is 35.5. The summed E-state index contributed by atoms with van der Waals surface area (Å²) in [6, 6.07) is 25.0. The average Bonchev–Trinajstić information content (AvgIpc) is 3.11. The Morgan fingerprint density at radius 3 is 1.48 bits per heavy atom. The van der Waals surface area contributed by atoms with Gasteiger partial charge in [0.05, 0.1) is 11.9 Å². The van der Waals surface area contributed by atoms with E-state index < -0.39 is 0 Å². The molecule has 4 amide bonds. The molecule has 10 nitrogen and oxygen atoms in total. The van der Waals surface area contributed by atoms with Gasteiger partial charge in [0.25, 0.3) is 0 Å². The Morgan fingerprint density at radius 2 is 1.00 bits per heavy atom. The van der Waals surface area contributed by atoms with Gasteiger partial charge in [0.15, 0.2) is 5.78 Å². The number of carbonyl (C=O) groups excluding carboxylic acids is 3. The first-order valence-corrected chi connectivity index (χ1v) is 16.8. The molecule has 0 aliphatic carbocycles. The molecular formula is C37H42ClN7O3. The van der Waals surface area contributed by atoms with E-state index in [9.17, 15) is 14.4 Å². The number of urea groups is 2. The third-order valence-electron chi connectivity index (χ3n) is 8.18. The molecule has 2 saturated heterocycles. The maximum Gasteiger partial charge on any atom is 0.323 e. The quantitative estimate of drug-likeness (QED) is 0.146. The predicted octanol–water partition coefficient (Wildman–Crippen LogP) is 8.89. The van der Waals surface area contributed by atoms with Gasteiger partial charge in [-0.1, -0.05) is 11.6 Å². The third-order valence-corrected chi connectivity index (χ3v) is 8.44. The maximum atomic E-state index is 12.1. The first-order valence-electron chi connectivity index (χ1n) is 16.4. The van der Waals surface area contributed by atoms with Crippen molar-refractivity contribution in [3.8, 4) is 0 Å². The van der Waals surface area contributed by atoms with Crippen molar-refractivity contribution >= 4 is 63.7 Å². The Labute approximate surface area is 286 Å². The summed E-state index contributed by atoms with van der Waals surface area (Å²) in [4.78, 5) is 44.4. The number of piperidine rings is 2.